The molecular weight excluding hydrogens is 523 g/mol. The number of benzene rings is 1. The first-order chi connectivity index (χ1) is 17.9. The molecule has 1 aliphatic heterocycles. The number of hydrogen-bond donors (Lipinski definition) is 2. The predicted molar refractivity (Wildman–Crippen MR) is 121 cm³/mol. The van der Waals surface area contributed by atoms with Crippen LogP contribution >= 0.6 is 0 Å². The molecule has 0 aliphatic carbocycles. The van der Waals surface area contributed by atoms with Crippen molar-refractivity contribution in [3.05, 3.63) is 65.4 Å². The van der Waals surface area contributed by atoms with Crippen molar-refractivity contribution in [3.8, 4) is 0 Å². The lowest BCUT2D eigenvalue weighted by Gasteiger charge is -2.44. The molecule has 1 fully saturated rings. The third kappa shape index (κ3) is 5.34. The Hall–Kier alpha value is -3.95. The van der Waals surface area contributed by atoms with Gasteiger partial charge >= 0.3 is 12.4 Å². The molecule has 1 saturated heterocycles. The number of alkyl halides is 6. The van der Waals surface area contributed by atoms with Gasteiger partial charge in [0.2, 0.25) is 0 Å². The van der Waals surface area contributed by atoms with E-state index < -0.39 is 41.2 Å². The average Bonchev–Trinajstić information content (AvgIpc) is 3.43. The number of aryl methyl sites for hydroxylation is 1. The second-order valence-electron chi connectivity index (χ2n) is 8.84. The van der Waals surface area contributed by atoms with E-state index in [0.29, 0.717) is 41.1 Å². The predicted octanol–water partition coefficient (Wildman–Crippen LogP) is 3.98. The standard InChI is InChI=1S/C22H20F7N9/c1-36-11-18(33-35-36)31-14-9-37(10-14)15(12-2-4-13(23)5-3-12)8-30-19-6-16(21(24,25)26)32-20-7-17(22(27,28)29)34-38(19)20/h2-7,11,14-15,30-31H,8-10H2,1H3/t15-/m0/s1. The molecule has 0 spiro atoms. The first kappa shape index (κ1) is 25.7. The molecule has 16 heteroatoms. The summed E-state index contributed by atoms with van der Waals surface area (Å²) in [6.45, 7) is 1.01. The van der Waals surface area contributed by atoms with Gasteiger partial charge in [-0.25, -0.2) is 9.37 Å². The maximum atomic E-state index is 13.6. The van der Waals surface area contributed by atoms with Crippen LogP contribution in [-0.4, -0.2) is 60.2 Å². The van der Waals surface area contributed by atoms with Crippen LogP contribution < -0.4 is 10.6 Å². The molecule has 0 amide bonds. The summed E-state index contributed by atoms with van der Waals surface area (Å²) in [6.07, 6.45) is -8.06. The number of hydrogen-bond acceptors (Lipinski definition) is 7. The Balaban J connectivity index is 1.41. The van der Waals surface area contributed by atoms with Crippen molar-refractivity contribution in [3.63, 3.8) is 0 Å². The number of likely N-dealkylation sites (tertiary alicyclic amines) is 1. The average molecular weight is 543 g/mol. The summed E-state index contributed by atoms with van der Waals surface area (Å²) < 4.78 is 95.8. The molecule has 1 aliphatic rings. The second kappa shape index (κ2) is 9.41. The SMILES string of the molecule is Cn1cc(NC2CN([C@@H](CNc3cc(C(F)(F)F)nc4cc(C(F)(F)F)nn34)c3ccc(F)cc3)C2)nn1. The molecule has 0 radical (unpaired) electrons. The lowest BCUT2D eigenvalue weighted by molar-refractivity contribution is -0.142. The van der Waals surface area contributed by atoms with Gasteiger partial charge in [0.1, 0.15) is 11.6 Å². The minimum atomic E-state index is -4.89. The highest BCUT2D eigenvalue weighted by molar-refractivity contribution is 5.51. The van der Waals surface area contributed by atoms with Crippen molar-refractivity contribution in [2.45, 2.75) is 24.4 Å². The normalized spacial score (nSPS) is 16.0. The molecule has 0 bridgehead atoms. The Bertz CT molecular complexity index is 1420. The fourth-order valence-electron chi connectivity index (χ4n) is 4.21. The Morgan fingerprint density at radius 1 is 1.00 bits per heavy atom. The van der Waals surface area contributed by atoms with Crippen molar-refractivity contribution < 1.29 is 30.7 Å². The van der Waals surface area contributed by atoms with E-state index in [2.05, 4.69) is 31.0 Å². The molecule has 38 heavy (non-hydrogen) atoms. The van der Waals surface area contributed by atoms with Crippen LogP contribution in [0.4, 0.5) is 42.4 Å². The van der Waals surface area contributed by atoms with Crippen LogP contribution in [0.1, 0.15) is 23.0 Å². The van der Waals surface area contributed by atoms with Crippen LogP contribution in [0.25, 0.3) is 5.65 Å². The van der Waals surface area contributed by atoms with Gasteiger partial charge in [-0.3, -0.25) is 9.58 Å². The van der Waals surface area contributed by atoms with E-state index in [4.69, 9.17) is 0 Å². The smallest absolute Gasteiger partial charge is 0.368 e. The van der Waals surface area contributed by atoms with Crippen LogP contribution in [-0.2, 0) is 19.4 Å². The van der Waals surface area contributed by atoms with E-state index in [1.807, 2.05) is 4.90 Å². The maximum absolute atomic E-state index is 13.6. The molecule has 4 heterocycles. The summed E-state index contributed by atoms with van der Waals surface area (Å²) in [6, 6.07) is 6.21. The third-order valence-electron chi connectivity index (χ3n) is 6.04. The number of nitrogens with one attached hydrogen (secondary N) is 2. The van der Waals surface area contributed by atoms with Gasteiger partial charge in [0.15, 0.2) is 22.9 Å². The van der Waals surface area contributed by atoms with Gasteiger partial charge in [-0.15, -0.1) is 5.10 Å². The van der Waals surface area contributed by atoms with Crippen LogP contribution in [0.5, 0.6) is 0 Å². The summed E-state index contributed by atoms with van der Waals surface area (Å²) in [7, 11) is 1.72. The number of rotatable bonds is 7. The third-order valence-corrected chi connectivity index (χ3v) is 6.04. The van der Waals surface area contributed by atoms with Crippen LogP contribution in [0.3, 0.4) is 0 Å². The van der Waals surface area contributed by atoms with E-state index in [1.165, 1.54) is 16.8 Å². The van der Waals surface area contributed by atoms with Crippen LogP contribution in [0.15, 0.2) is 42.6 Å². The van der Waals surface area contributed by atoms with Crippen molar-refractivity contribution >= 4 is 17.3 Å². The maximum Gasteiger partial charge on any atom is 0.435 e. The summed E-state index contributed by atoms with van der Waals surface area (Å²) in [5.41, 5.74) is -2.68. The summed E-state index contributed by atoms with van der Waals surface area (Å²) in [4.78, 5) is 5.30. The highest BCUT2D eigenvalue weighted by Gasteiger charge is 2.38. The number of aromatic nitrogens is 6. The van der Waals surface area contributed by atoms with E-state index in [-0.39, 0.29) is 18.4 Å². The fraction of sp³-hybridized carbons (Fsp3) is 0.364. The Labute approximate surface area is 210 Å². The lowest BCUT2D eigenvalue weighted by atomic mass is 9.99. The highest BCUT2D eigenvalue weighted by atomic mass is 19.4. The highest BCUT2D eigenvalue weighted by Crippen LogP contribution is 2.34. The van der Waals surface area contributed by atoms with Gasteiger partial charge < -0.3 is 10.6 Å². The zero-order chi connectivity index (χ0) is 27.2. The van der Waals surface area contributed by atoms with Crippen molar-refractivity contribution in [1.29, 1.82) is 0 Å². The van der Waals surface area contributed by atoms with Crippen molar-refractivity contribution in [2.24, 2.45) is 7.05 Å². The van der Waals surface area contributed by atoms with E-state index >= 15 is 0 Å². The zero-order valence-electron chi connectivity index (χ0n) is 19.6. The summed E-state index contributed by atoms with van der Waals surface area (Å²) >= 11 is 0. The molecule has 1 atom stereocenters. The van der Waals surface area contributed by atoms with E-state index in [1.54, 1.807) is 25.4 Å². The van der Waals surface area contributed by atoms with Crippen molar-refractivity contribution in [1.82, 2.24) is 34.5 Å². The molecule has 202 valence electrons. The van der Waals surface area contributed by atoms with Gasteiger partial charge in [-0.1, -0.05) is 17.3 Å². The Morgan fingerprint density at radius 3 is 2.29 bits per heavy atom. The Morgan fingerprint density at radius 2 is 1.68 bits per heavy atom. The first-order valence-corrected chi connectivity index (χ1v) is 11.3. The second-order valence-corrected chi connectivity index (χ2v) is 8.84. The molecule has 2 N–H and O–H groups in total. The molecular formula is C22H20F7N9. The summed E-state index contributed by atoms with van der Waals surface area (Å²) in [5.74, 6) is -0.209. The van der Waals surface area contributed by atoms with Crippen molar-refractivity contribution in [2.75, 3.05) is 30.3 Å². The lowest BCUT2D eigenvalue weighted by Crippen LogP contribution is -2.56. The number of nitrogens with zero attached hydrogens (tertiary/aromatic N) is 7. The quantitative estimate of drug-likeness (QED) is 0.341. The number of halogens is 7. The minimum absolute atomic E-state index is 0.000397. The molecule has 1 aromatic carbocycles. The Kier molecular flexibility index (Phi) is 6.36. The number of anilines is 2. The molecule has 3 aromatic heterocycles. The molecule has 0 saturated carbocycles. The molecule has 9 nitrogen and oxygen atoms in total. The molecule has 5 rings (SSSR count). The van der Waals surface area contributed by atoms with Crippen LogP contribution in [0.2, 0.25) is 0 Å². The largest absolute Gasteiger partial charge is 0.435 e. The van der Waals surface area contributed by atoms with Gasteiger partial charge in [0, 0.05) is 38.8 Å². The monoisotopic (exact) mass is 543 g/mol. The summed E-state index contributed by atoms with van der Waals surface area (Å²) in [5, 5.41) is 17.3. The van der Waals surface area contributed by atoms with Crippen LogP contribution in [0, 0.1) is 5.82 Å². The topological polar surface area (TPSA) is 88.2 Å². The zero-order valence-corrected chi connectivity index (χ0v) is 19.6. The van der Waals surface area contributed by atoms with Gasteiger partial charge in [-0.2, -0.15) is 36.0 Å². The fourth-order valence-corrected chi connectivity index (χ4v) is 4.21. The molecule has 4 aromatic rings. The van der Waals surface area contributed by atoms with E-state index in [0.717, 1.165) is 0 Å². The van der Waals surface area contributed by atoms with Gasteiger partial charge in [0.05, 0.1) is 18.3 Å². The van der Waals surface area contributed by atoms with Gasteiger partial charge in [0.25, 0.3) is 0 Å². The molecule has 0 unspecified atom stereocenters. The first-order valence-electron chi connectivity index (χ1n) is 11.3. The van der Waals surface area contributed by atoms with E-state index in [9.17, 15) is 30.7 Å². The van der Waals surface area contributed by atoms with Gasteiger partial charge in [-0.05, 0) is 17.7 Å². The number of fused-ring (bicyclic) bond motifs is 1. The minimum Gasteiger partial charge on any atom is -0.368 e.